The van der Waals surface area contributed by atoms with Crippen LogP contribution in [0.5, 0.6) is 0 Å². The van der Waals surface area contributed by atoms with Gasteiger partial charge in [-0.1, -0.05) is 6.07 Å². The van der Waals surface area contributed by atoms with Gasteiger partial charge in [0.05, 0.1) is 12.2 Å². The molecular formula is C15H14N4O3S2. The monoisotopic (exact) mass is 362 g/mol. The molecule has 0 aliphatic rings. The summed E-state index contributed by atoms with van der Waals surface area (Å²) in [7, 11) is -3.55. The number of pyridine rings is 1. The summed E-state index contributed by atoms with van der Waals surface area (Å²) in [6, 6.07) is 9.82. The van der Waals surface area contributed by atoms with E-state index in [0.29, 0.717) is 5.69 Å². The first kappa shape index (κ1) is 16.5. The fourth-order valence-corrected chi connectivity index (χ4v) is 4.12. The third-order valence-electron chi connectivity index (χ3n) is 3.22. The SMILES string of the molecule is O=c1ccc(-c2ccncc2)nn1CCNS(=O)(=O)c1cccs1. The Labute approximate surface area is 142 Å². The summed E-state index contributed by atoms with van der Waals surface area (Å²) in [5.41, 5.74) is 1.17. The van der Waals surface area contributed by atoms with E-state index in [1.807, 2.05) is 0 Å². The molecule has 0 atom stereocenters. The summed E-state index contributed by atoms with van der Waals surface area (Å²) < 4.78 is 28.0. The maximum absolute atomic E-state index is 12.0. The molecule has 0 saturated carbocycles. The predicted octanol–water partition coefficient (Wildman–Crippen LogP) is 1.35. The highest BCUT2D eigenvalue weighted by atomic mass is 32.2. The predicted molar refractivity (Wildman–Crippen MR) is 91.2 cm³/mol. The third kappa shape index (κ3) is 3.75. The molecule has 7 nitrogen and oxygen atoms in total. The lowest BCUT2D eigenvalue weighted by atomic mass is 10.2. The van der Waals surface area contributed by atoms with Gasteiger partial charge in [0.1, 0.15) is 4.21 Å². The summed E-state index contributed by atoms with van der Waals surface area (Å²) in [5, 5.41) is 5.96. The van der Waals surface area contributed by atoms with Crippen LogP contribution < -0.4 is 10.3 Å². The molecule has 0 aliphatic heterocycles. The van der Waals surface area contributed by atoms with E-state index in [-0.39, 0.29) is 22.9 Å². The molecule has 0 spiro atoms. The number of sulfonamides is 1. The Bertz CT molecular complexity index is 967. The minimum absolute atomic E-state index is 0.0763. The Morgan fingerprint density at radius 1 is 1.12 bits per heavy atom. The summed E-state index contributed by atoms with van der Waals surface area (Å²) in [6.45, 7) is 0.218. The van der Waals surface area contributed by atoms with Gasteiger partial charge in [-0.2, -0.15) is 5.10 Å². The quantitative estimate of drug-likeness (QED) is 0.714. The Hall–Kier alpha value is -2.36. The van der Waals surface area contributed by atoms with Gasteiger partial charge in [-0.3, -0.25) is 9.78 Å². The highest BCUT2D eigenvalue weighted by Crippen LogP contribution is 2.15. The molecule has 9 heteroatoms. The molecule has 0 saturated heterocycles. The maximum Gasteiger partial charge on any atom is 0.266 e. The van der Waals surface area contributed by atoms with Crippen molar-refractivity contribution in [3.8, 4) is 11.3 Å². The molecule has 0 amide bonds. The minimum atomic E-state index is -3.55. The average molecular weight is 362 g/mol. The zero-order valence-corrected chi connectivity index (χ0v) is 14.1. The van der Waals surface area contributed by atoms with Crippen LogP contribution in [0.1, 0.15) is 0 Å². The molecular weight excluding hydrogens is 348 g/mol. The van der Waals surface area contributed by atoms with Gasteiger partial charge in [0.25, 0.3) is 5.56 Å². The van der Waals surface area contributed by atoms with Crippen molar-refractivity contribution in [1.82, 2.24) is 19.5 Å². The van der Waals surface area contributed by atoms with Crippen LogP contribution in [-0.4, -0.2) is 29.7 Å². The van der Waals surface area contributed by atoms with E-state index in [4.69, 9.17) is 0 Å². The van der Waals surface area contributed by atoms with E-state index < -0.39 is 10.0 Å². The molecule has 124 valence electrons. The van der Waals surface area contributed by atoms with E-state index in [1.165, 1.54) is 16.8 Å². The lowest BCUT2D eigenvalue weighted by Gasteiger charge is -2.08. The maximum atomic E-state index is 12.0. The van der Waals surface area contributed by atoms with Crippen LogP contribution in [0.3, 0.4) is 0 Å². The van der Waals surface area contributed by atoms with Crippen molar-refractivity contribution in [2.24, 2.45) is 0 Å². The van der Waals surface area contributed by atoms with Gasteiger partial charge in [-0.15, -0.1) is 11.3 Å². The molecule has 0 aliphatic carbocycles. The second-order valence-corrected chi connectivity index (χ2v) is 7.79. The second-order valence-electron chi connectivity index (χ2n) is 4.85. The van der Waals surface area contributed by atoms with Gasteiger partial charge in [0.2, 0.25) is 10.0 Å². The third-order valence-corrected chi connectivity index (χ3v) is 6.08. The molecule has 3 heterocycles. The highest BCUT2D eigenvalue weighted by molar-refractivity contribution is 7.91. The molecule has 3 aromatic heterocycles. The van der Waals surface area contributed by atoms with Gasteiger partial charge in [-0.25, -0.2) is 17.8 Å². The van der Waals surface area contributed by atoms with Crippen molar-refractivity contribution in [3.63, 3.8) is 0 Å². The first-order valence-electron chi connectivity index (χ1n) is 7.08. The lowest BCUT2D eigenvalue weighted by Crippen LogP contribution is -2.31. The number of aromatic nitrogens is 3. The van der Waals surface area contributed by atoms with Crippen LogP contribution in [-0.2, 0) is 16.6 Å². The number of hydrogen-bond acceptors (Lipinski definition) is 6. The molecule has 0 aromatic carbocycles. The molecule has 1 N–H and O–H groups in total. The molecule has 0 radical (unpaired) electrons. The Kier molecular flexibility index (Phi) is 4.84. The van der Waals surface area contributed by atoms with E-state index in [1.54, 1.807) is 42.0 Å². The molecule has 0 unspecified atom stereocenters. The summed E-state index contributed by atoms with van der Waals surface area (Å²) in [6.07, 6.45) is 3.28. The van der Waals surface area contributed by atoms with Gasteiger partial charge in [0.15, 0.2) is 0 Å². The largest absolute Gasteiger partial charge is 0.268 e. The molecule has 0 fully saturated rings. The van der Waals surface area contributed by atoms with Crippen molar-refractivity contribution < 1.29 is 8.42 Å². The fourth-order valence-electron chi connectivity index (χ4n) is 2.06. The van der Waals surface area contributed by atoms with Crippen LogP contribution in [0.4, 0.5) is 0 Å². The van der Waals surface area contributed by atoms with Gasteiger partial charge < -0.3 is 0 Å². The molecule has 3 aromatic rings. The van der Waals surface area contributed by atoms with Crippen molar-refractivity contribution in [2.75, 3.05) is 6.54 Å². The first-order chi connectivity index (χ1) is 11.6. The first-order valence-corrected chi connectivity index (χ1v) is 9.44. The Balaban J connectivity index is 1.73. The summed E-state index contributed by atoms with van der Waals surface area (Å²) in [5.74, 6) is 0. The standard InChI is InChI=1S/C15H14N4O3S2/c20-14-4-3-13(12-5-7-16-8-6-12)18-19(14)10-9-17-24(21,22)15-2-1-11-23-15/h1-8,11,17H,9-10H2. The fraction of sp³-hybridized carbons (Fsp3) is 0.133. The normalized spacial score (nSPS) is 11.5. The van der Waals surface area contributed by atoms with E-state index in [2.05, 4.69) is 14.8 Å². The van der Waals surface area contributed by atoms with Crippen LogP contribution in [0.2, 0.25) is 0 Å². The van der Waals surface area contributed by atoms with E-state index >= 15 is 0 Å². The average Bonchev–Trinajstić information content (AvgIpc) is 3.13. The van der Waals surface area contributed by atoms with Crippen LogP contribution in [0.15, 0.2) is 63.2 Å². The summed E-state index contributed by atoms with van der Waals surface area (Å²) >= 11 is 1.14. The molecule has 3 rings (SSSR count). The zero-order chi connectivity index (χ0) is 17.0. The Morgan fingerprint density at radius 3 is 2.62 bits per heavy atom. The van der Waals surface area contributed by atoms with E-state index in [0.717, 1.165) is 16.9 Å². The smallest absolute Gasteiger partial charge is 0.266 e. The van der Waals surface area contributed by atoms with E-state index in [9.17, 15) is 13.2 Å². The number of nitrogens with one attached hydrogen (secondary N) is 1. The lowest BCUT2D eigenvalue weighted by molar-refractivity contribution is 0.550. The highest BCUT2D eigenvalue weighted by Gasteiger charge is 2.14. The number of rotatable bonds is 6. The summed E-state index contributed by atoms with van der Waals surface area (Å²) in [4.78, 5) is 15.8. The Morgan fingerprint density at radius 2 is 1.92 bits per heavy atom. The van der Waals surface area contributed by atoms with Gasteiger partial charge in [-0.05, 0) is 29.6 Å². The number of nitrogens with zero attached hydrogens (tertiary/aromatic N) is 3. The van der Waals surface area contributed by atoms with Crippen molar-refractivity contribution in [1.29, 1.82) is 0 Å². The number of thiophene rings is 1. The topological polar surface area (TPSA) is 93.9 Å². The minimum Gasteiger partial charge on any atom is -0.268 e. The van der Waals surface area contributed by atoms with Crippen molar-refractivity contribution >= 4 is 21.4 Å². The van der Waals surface area contributed by atoms with Gasteiger partial charge in [0, 0.05) is 30.6 Å². The van der Waals surface area contributed by atoms with Crippen LogP contribution in [0, 0.1) is 0 Å². The zero-order valence-electron chi connectivity index (χ0n) is 12.5. The van der Waals surface area contributed by atoms with Crippen LogP contribution >= 0.6 is 11.3 Å². The molecule has 0 bridgehead atoms. The van der Waals surface area contributed by atoms with Crippen molar-refractivity contribution in [3.05, 3.63) is 64.5 Å². The van der Waals surface area contributed by atoms with Crippen molar-refractivity contribution in [2.45, 2.75) is 10.8 Å². The second kappa shape index (κ2) is 7.04. The molecule has 24 heavy (non-hydrogen) atoms. The number of hydrogen-bond donors (Lipinski definition) is 1. The van der Waals surface area contributed by atoms with Gasteiger partial charge >= 0.3 is 0 Å². The van der Waals surface area contributed by atoms with Crippen LogP contribution in [0.25, 0.3) is 11.3 Å².